The molecule has 0 amide bonds. The number of benzene rings is 1. The van der Waals surface area contributed by atoms with Gasteiger partial charge in [-0.3, -0.25) is 4.90 Å². The number of aryl methyl sites for hydroxylation is 2. The average Bonchev–Trinajstić information content (AvgIpc) is 3.07. The van der Waals surface area contributed by atoms with E-state index < -0.39 is 5.60 Å². The van der Waals surface area contributed by atoms with Crippen LogP contribution in [0.3, 0.4) is 0 Å². The van der Waals surface area contributed by atoms with E-state index in [4.69, 9.17) is 10.5 Å². The maximum absolute atomic E-state index is 10.2. The van der Waals surface area contributed by atoms with E-state index in [0.29, 0.717) is 36.7 Å². The number of likely N-dealkylation sites (tertiary alicyclic amines) is 1. The lowest BCUT2D eigenvalue weighted by molar-refractivity contribution is 0.00698. The molecule has 1 aliphatic rings. The molecule has 186 valence electrons. The van der Waals surface area contributed by atoms with E-state index in [1.165, 1.54) is 6.33 Å². The molecule has 3 heterocycles. The molecule has 0 radical (unpaired) electrons. The zero-order valence-electron chi connectivity index (χ0n) is 21.5. The molecule has 2 aromatic heterocycles. The molecule has 3 N–H and O–H groups in total. The lowest BCUT2D eigenvalue weighted by Gasteiger charge is -2.43. The summed E-state index contributed by atoms with van der Waals surface area (Å²) in [4.78, 5) is 10.8. The molecule has 0 bridgehead atoms. The first-order valence-corrected chi connectivity index (χ1v) is 12.1. The fraction of sp³-hybridized carbons (Fsp3) is 0.538. The van der Waals surface area contributed by atoms with Crippen LogP contribution in [0.5, 0.6) is 5.75 Å². The molecular formula is C26H35N7O2. The third-order valence-electron chi connectivity index (χ3n) is 6.63. The van der Waals surface area contributed by atoms with Crippen molar-refractivity contribution >= 4 is 16.9 Å². The van der Waals surface area contributed by atoms with E-state index >= 15 is 0 Å². The predicted molar refractivity (Wildman–Crippen MR) is 135 cm³/mol. The number of aromatic nitrogens is 4. The Hall–Kier alpha value is -3.22. The Bertz CT molecular complexity index is 1280. The first kappa shape index (κ1) is 24.9. The van der Waals surface area contributed by atoms with E-state index in [1.54, 1.807) is 0 Å². The number of β-amino-alcohol motifs (C(OH)–C–C–N with tert-alkyl or cyclic N) is 1. The summed E-state index contributed by atoms with van der Waals surface area (Å²) in [6.07, 6.45) is 1.46. The van der Waals surface area contributed by atoms with Crippen molar-refractivity contribution in [2.24, 2.45) is 0 Å². The predicted octanol–water partition coefficient (Wildman–Crippen LogP) is 3.27. The minimum atomic E-state index is -0.754. The highest BCUT2D eigenvalue weighted by atomic mass is 16.5. The quantitative estimate of drug-likeness (QED) is 0.506. The van der Waals surface area contributed by atoms with Gasteiger partial charge in [0.1, 0.15) is 17.9 Å². The second-order valence-corrected chi connectivity index (χ2v) is 10.3. The Morgan fingerprint density at radius 2 is 2.03 bits per heavy atom. The monoisotopic (exact) mass is 477 g/mol. The fourth-order valence-electron chi connectivity index (χ4n) is 5.19. The summed E-state index contributed by atoms with van der Waals surface area (Å²) in [5.74, 6) is 1.46. The summed E-state index contributed by atoms with van der Waals surface area (Å²) in [7, 11) is 0. The first-order chi connectivity index (χ1) is 16.5. The van der Waals surface area contributed by atoms with Crippen LogP contribution in [0.15, 0.2) is 12.4 Å². The van der Waals surface area contributed by atoms with Gasteiger partial charge in [0.2, 0.25) is 0 Å². The third-order valence-corrected chi connectivity index (χ3v) is 6.63. The molecule has 35 heavy (non-hydrogen) atoms. The molecule has 1 aliphatic heterocycles. The molecule has 0 aliphatic carbocycles. The zero-order chi connectivity index (χ0) is 25.5. The highest BCUT2D eigenvalue weighted by Gasteiger charge is 2.36. The van der Waals surface area contributed by atoms with Gasteiger partial charge in [0.15, 0.2) is 5.65 Å². The van der Waals surface area contributed by atoms with Crippen molar-refractivity contribution in [2.75, 3.05) is 32.0 Å². The highest BCUT2D eigenvalue weighted by Crippen LogP contribution is 2.43. The van der Waals surface area contributed by atoms with Gasteiger partial charge in [0.05, 0.1) is 41.5 Å². The van der Waals surface area contributed by atoms with Crippen molar-refractivity contribution in [1.29, 1.82) is 5.26 Å². The van der Waals surface area contributed by atoms with E-state index in [2.05, 4.69) is 39.0 Å². The summed E-state index contributed by atoms with van der Waals surface area (Å²) in [6, 6.07) is 4.50. The van der Waals surface area contributed by atoms with Crippen molar-refractivity contribution in [3.8, 4) is 11.8 Å². The lowest BCUT2D eigenvalue weighted by Crippen LogP contribution is -2.51. The topological polar surface area (TPSA) is 126 Å². The number of hydrogen-bond acceptors (Lipinski definition) is 8. The second kappa shape index (κ2) is 9.44. The number of ether oxygens (including phenoxy) is 1. The minimum Gasteiger partial charge on any atom is -0.493 e. The molecule has 3 aromatic rings. The number of anilines is 1. The lowest BCUT2D eigenvalue weighted by atomic mass is 9.81. The Morgan fingerprint density at radius 1 is 1.31 bits per heavy atom. The molecule has 1 saturated heterocycles. The summed E-state index contributed by atoms with van der Waals surface area (Å²) < 4.78 is 8.11. The summed E-state index contributed by atoms with van der Waals surface area (Å²) in [5, 5.41) is 25.7. The van der Waals surface area contributed by atoms with Gasteiger partial charge in [-0.05, 0) is 45.7 Å². The standard InChI is InChI=1S/C26H35N7O2/c1-7-35-23-19(16(3)10-33-25-21(17(4)31-33)24(28)29-14-30-25)8-15(2)20(9-27)22(23)18-11-32(12-18)13-26(5,6)34/h8,14,16,18,34H,7,10-13H2,1-6H3,(H2,28,29,30). The van der Waals surface area contributed by atoms with Gasteiger partial charge in [-0.15, -0.1) is 0 Å². The van der Waals surface area contributed by atoms with Crippen LogP contribution in [0.4, 0.5) is 5.82 Å². The molecule has 4 rings (SSSR count). The smallest absolute Gasteiger partial charge is 0.163 e. The molecule has 1 unspecified atom stereocenters. The number of hydrogen-bond donors (Lipinski definition) is 2. The van der Waals surface area contributed by atoms with Gasteiger partial charge in [-0.2, -0.15) is 10.4 Å². The fourth-order valence-corrected chi connectivity index (χ4v) is 5.19. The summed E-state index contributed by atoms with van der Waals surface area (Å²) >= 11 is 0. The number of nitrogen functional groups attached to an aromatic ring is 1. The van der Waals surface area contributed by atoms with Crippen LogP contribution in [-0.4, -0.2) is 61.6 Å². The number of nitrogens with zero attached hydrogens (tertiary/aromatic N) is 6. The Balaban J connectivity index is 1.72. The molecule has 1 atom stereocenters. The maximum Gasteiger partial charge on any atom is 0.163 e. The Labute approximate surface area is 206 Å². The van der Waals surface area contributed by atoms with Crippen LogP contribution in [0.2, 0.25) is 0 Å². The molecule has 1 fully saturated rings. The minimum absolute atomic E-state index is 0.0491. The van der Waals surface area contributed by atoms with Crippen molar-refractivity contribution < 1.29 is 9.84 Å². The van der Waals surface area contributed by atoms with Gasteiger partial charge in [0, 0.05) is 37.0 Å². The van der Waals surface area contributed by atoms with Crippen LogP contribution in [0.1, 0.15) is 67.5 Å². The summed E-state index contributed by atoms with van der Waals surface area (Å²) in [5.41, 5.74) is 10.5. The SMILES string of the molecule is CCOc1c(C(C)Cn2nc(C)c3c(N)ncnc32)cc(C)c(C#N)c1C1CN(CC(C)(C)O)C1. The maximum atomic E-state index is 10.2. The number of aliphatic hydroxyl groups is 1. The molecule has 9 heteroatoms. The second-order valence-electron chi connectivity index (χ2n) is 10.3. The van der Waals surface area contributed by atoms with Crippen molar-refractivity contribution in [3.63, 3.8) is 0 Å². The first-order valence-electron chi connectivity index (χ1n) is 12.1. The third kappa shape index (κ3) is 4.81. The number of rotatable bonds is 8. The molecule has 0 saturated carbocycles. The molecule has 9 nitrogen and oxygen atoms in total. The summed E-state index contributed by atoms with van der Waals surface area (Å²) in [6.45, 7) is 14.9. The van der Waals surface area contributed by atoms with E-state index in [9.17, 15) is 10.4 Å². The van der Waals surface area contributed by atoms with E-state index in [1.807, 2.05) is 39.3 Å². The van der Waals surface area contributed by atoms with Crippen LogP contribution in [0.25, 0.3) is 11.0 Å². The average molecular weight is 478 g/mol. The van der Waals surface area contributed by atoms with Gasteiger partial charge in [-0.1, -0.05) is 13.0 Å². The van der Waals surface area contributed by atoms with Gasteiger partial charge in [-0.25, -0.2) is 14.6 Å². The Morgan fingerprint density at radius 3 is 2.66 bits per heavy atom. The zero-order valence-corrected chi connectivity index (χ0v) is 21.5. The normalized spacial score (nSPS) is 15.7. The van der Waals surface area contributed by atoms with Gasteiger partial charge >= 0.3 is 0 Å². The van der Waals surface area contributed by atoms with Crippen LogP contribution < -0.4 is 10.5 Å². The van der Waals surface area contributed by atoms with Crippen LogP contribution in [0, 0.1) is 25.2 Å². The molecule has 0 spiro atoms. The van der Waals surface area contributed by atoms with Crippen molar-refractivity contribution in [1.82, 2.24) is 24.6 Å². The Kier molecular flexibility index (Phi) is 6.71. The highest BCUT2D eigenvalue weighted by molar-refractivity contribution is 5.87. The van der Waals surface area contributed by atoms with E-state index in [0.717, 1.165) is 46.6 Å². The number of fused-ring (bicyclic) bond motifs is 1. The van der Waals surface area contributed by atoms with Crippen molar-refractivity contribution in [2.45, 2.75) is 65.5 Å². The number of nitriles is 1. The molecular weight excluding hydrogens is 442 g/mol. The largest absolute Gasteiger partial charge is 0.493 e. The van der Waals surface area contributed by atoms with Crippen LogP contribution in [-0.2, 0) is 6.54 Å². The van der Waals surface area contributed by atoms with E-state index in [-0.39, 0.29) is 11.8 Å². The number of nitrogens with two attached hydrogens (primary N) is 1. The van der Waals surface area contributed by atoms with Gasteiger partial charge < -0.3 is 15.6 Å². The van der Waals surface area contributed by atoms with Crippen molar-refractivity contribution in [3.05, 3.63) is 40.3 Å². The molecule has 1 aromatic carbocycles. The van der Waals surface area contributed by atoms with Gasteiger partial charge in [0.25, 0.3) is 0 Å². The van der Waals surface area contributed by atoms with Crippen LogP contribution >= 0.6 is 0 Å².